The van der Waals surface area contributed by atoms with E-state index in [1.807, 2.05) is 0 Å². The van der Waals surface area contributed by atoms with Crippen LogP contribution >= 0.6 is 0 Å². The van der Waals surface area contributed by atoms with Crippen LogP contribution in [-0.2, 0) is 6.54 Å². The molecule has 1 aliphatic heterocycles. The second-order valence-corrected chi connectivity index (χ2v) is 6.07. The number of benzene rings is 1. The lowest BCUT2D eigenvalue weighted by atomic mass is 9.90. The van der Waals surface area contributed by atoms with Crippen molar-refractivity contribution in [2.75, 3.05) is 19.6 Å². The minimum Gasteiger partial charge on any atom is -0.314 e. The highest BCUT2D eigenvalue weighted by atomic mass is 19.2. The minimum atomic E-state index is -0.750. The molecule has 1 aliphatic rings. The molecule has 1 aromatic rings. The van der Waals surface area contributed by atoms with Crippen LogP contribution in [0.25, 0.3) is 0 Å². The van der Waals surface area contributed by atoms with Crippen LogP contribution < -0.4 is 5.32 Å². The van der Waals surface area contributed by atoms with Crippen LogP contribution in [0.1, 0.15) is 38.7 Å². The van der Waals surface area contributed by atoms with Gasteiger partial charge < -0.3 is 5.32 Å². The SMILES string of the molecule is CCCNC(C)C1CCN(Cc2cccc(F)c2F)CC1. The van der Waals surface area contributed by atoms with Crippen LogP contribution in [-0.4, -0.2) is 30.6 Å². The summed E-state index contributed by atoms with van der Waals surface area (Å²) < 4.78 is 26.9. The van der Waals surface area contributed by atoms with Gasteiger partial charge in [0.1, 0.15) is 0 Å². The molecule has 1 atom stereocenters. The number of hydrogen-bond donors (Lipinski definition) is 1. The summed E-state index contributed by atoms with van der Waals surface area (Å²) in [6, 6.07) is 4.97. The first-order valence-electron chi connectivity index (χ1n) is 8.00. The number of likely N-dealkylation sites (tertiary alicyclic amines) is 1. The lowest BCUT2D eigenvalue weighted by Gasteiger charge is -2.35. The third kappa shape index (κ3) is 4.48. The average molecular weight is 296 g/mol. The Morgan fingerprint density at radius 1 is 1.29 bits per heavy atom. The van der Waals surface area contributed by atoms with Gasteiger partial charge in [-0.3, -0.25) is 4.90 Å². The molecular formula is C17H26F2N2. The van der Waals surface area contributed by atoms with E-state index in [-0.39, 0.29) is 0 Å². The van der Waals surface area contributed by atoms with Crippen LogP contribution in [0.4, 0.5) is 8.78 Å². The molecule has 0 amide bonds. The predicted molar refractivity (Wildman–Crippen MR) is 82.1 cm³/mol. The molecule has 1 unspecified atom stereocenters. The second-order valence-electron chi connectivity index (χ2n) is 6.07. The molecule has 0 radical (unpaired) electrons. The lowest BCUT2D eigenvalue weighted by molar-refractivity contribution is 0.155. The van der Waals surface area contributed by atoms with Gasteiger partial charge in [0.2, 0.25) is 0 Å². The van der Waals surface area contributed by atoms with Gasteiger partial charge in [0.25, 0.3) is 0 Å². The molecule has 1 saturated heterocycles. The van der Waals surface area contributed by atoms with Crippen LogP contribution in [0.3, 0.4) is 0 Å². The van der Waals surface area contributed by atoms with Crippen LogP contribution in [0.15, 0.2) is 18.2 Å². The van der Waals surface area contributed by atoms with Gasteiger partial charge in [0, 0.05) is 18.2 Å². The van der Waals surface area contributed by atoms with Gasteiger partial charge in [-0.2, -0.15) is 0 Å². The van der Waals surface area contributed by atoms with Crippen molar-refractivity contribution in [1.29, 1.82) is 0 Å². The maximum absolute atomic E-state index is 13.7. The van der Waals surface area contributed by atoms with E-state index < -0.39 is 11.6 Å². The molecule has 118 valence electrons. The molecule has 0 aromatic heterocycles. The quantitative estimate of drug-likeness (QED) is 0.863. The maximum atomic E-state index is 13.7. The Bertz CT molecular complexity index is 442. The summed E-state index contributed by atoms with van der Waals surface area (Å²) in [5, 5.41) is 3.56. The summed E-state index contributed by atoms with van der Waals surface area (Å²) in [6.07, 6.45) is 3.39. The molecule has 0 bridgehead atoms. The van der Waals surface area contributed by atoms with E-state index in [1.54, 1.807) is 12.1 Å². The summed E-state index contributed by atoms with van der Waals surface area (Å²) in [6.45, 7) is 7.92. The molecular weight excluding hydrogens is 270 g/mol. The van der Waals surface area contributed by atoms with Gasteiger partial charge >= 0.3 is 0 Å². The fourth-order valence-electron chi connectivity index (χ4n) is 3.06. The van der Waals surface area contributed by atoms with Crippen molar-refractivity contribution in [3.05, 3.63) is 35.4 Å². The fraction of sp³-hybridized carbons (Fsp3) is 0.647. The maximum Gasteiger partial charge on any atom is 0.163 e. The summed E-state index contributed by atoms with van der Waals surface area (Å²) in [5.74, 6) is -0.762. The van der Waals surface area contributed by atoms with Crippen molar-refractivity contribution in [1.82, 2.24) is 10.2 Å². The molecule has 1 heterocycles. The molecule has 21 heavy (non-hydrogen) atoms. The van der Waals surface area contributed by atoms with E-state index >= 15 is 0 Å². The first kappa shape index (κ1) is 16.4. The van der Waals surface area contributed by atoms with E-state index in [0.717, 1.165) is 38.9 Å². The molecule has 0 spiro atoms. The van der Waals surface area contributed by atoms with Crippen LogP contribution in [0.2, 0.25) is 0 Å². The second kappa shape index (κ2) is 7.85. The molecule has 2 nitrogen and oxygen atoms in total. The summed E-state index contributed by atoms with van der Waals surface area (Å²) in [5.41, 5.74) is 0.464. The highest BCUT2D eigenvalue weighted by Gasteiger charge is 2.24. The Morgan fingerprint density at radius 2 is 2.00 bits per heavy atom. The monoisotopic (exact) mass is 296 g/mol. The van der Waals surface area contributed by atoms with Gasteiger partial charge in [0.05, 0.1) is 0 Å². The first-order valence-corrected chi connectivity index (χ1v) is 8.00. The van der Waals surface area contributed by atoms with Crippen molar-refractivity contribution in [3.8, 4) is 0 Å². The van der Waals surface area contributed by atoms with Crippen LogP contribution in [0.5, 0.6) is 0 Å². The van der Waals surface area contributed by atoms with E-state index in [9.17, 15) is 8.78 Å². The van der Waals surface area contributed by atoms with Crippen molar-refractivity contribution < 1.29 is 8.78 Å². The Morgan fingerprint density at radius 3 is 2.67 bits per heavy atom. The van der Waals surface area contributed by atoms with Crippen LogP contribution in [0, 0.1) is 17.6 Å². The number of nitrogens with zero attached hydrogens (tertiary/aromatic N) is 1. The molecule has 0 saturated carbocycles. The lowest BCUT2D eigenvalue weighted by Crippen LogP contribution is -2.42. The van der Waals surface area contributed by atoms with E-state index in [0.29, 0.717) is 24.1 Å². The Labute approximate surface area is 126 Å². The largest absolute Gasteiger partial charge is 0.314 e. The van der Waals surface area contributed by atoms with Crippen molar-refractivity contribution in [3.63, 3.8) is 0 Å². The third-order valence-electron chi connectivity index (χ3n) is 4.48. The molecule has 4 heteroatoms. The molecule has 1 aromatic carbocycles. The summed E-state index contributed by atoms with van der Waals surface area (Å²) >= 11 is 0. The zero-order valence-corrected chi connectivity index (χ0v) is 13.0. The molecule has 0 aliphatic carbocycles. The van der Waals surface area contributed by atoms with E-state index in [2.05, 4.69) is 24.1 Å². The predicted octanol–water partition coefficient (Wildman–Crippen LogP) is 3.56. The standard InChI is InChI=1S/C17H26F2N2/c1-3-9-20-13(2)14-7-10-21(11-8-14)12-15-5-4-6-16(18)17(15)19/h4-6,13-14,20H,3,7-12H2,1-2H3. The van der Waals surface area contributed by atoms with Crippen molar-refractivity contribution in [2.24, 2.45) is 5.92 Å². The Kier molecular flexibility index (Phi) is 6.12. The zero-order valence-electron chi connectivity index (χ0n) is 13.0. The molecule has 2 rings (SSSR count). The average Bonchev–Trinajstić information content (AvgIpc) is 2.50. The van der Waals surface area contributed by atoms with Gasteiger partial charge in [-0.1, -0.05) is 19.1 Å². The minimum absolute atomic E-state index is 0.464. The highest BCUT2D eigenvalue weighted by molar-refractivity contribution is 5.18. The fourth-order valence-corrected chi connectivity index (χ4v) is 3.06. The van der Waals surface area contributed by atoms with E-state index in [4.69, 9.17) is 0 Å². The number of piperidine rings is 1. The van der Waals surface area contributed by atoms with Gasteiger partial charge in [-0.25, -0.2) is 8.78 Å². The summed E-state index contributed by atoms with van der Waals surface area (Å²) in [4.78, 5) is 2.22. The van der Waals surface area contributed by atoms with Gasteiger partial charge in [0.15, 0.2) is 11.6 Å². The number of hydrogen-bond acceptors (Lipinski definition) is 2. The Hall–Kier alpha value is -1.00. The van der Waals surface area contributed by atoms with Crippen molar-refractivity contribution in [2.45, 2.75) is 45.7 Å². The smallest absolute Gasteiger partial charge is 0.163 e. The van der Waals surface area contributed by atoms with Gasteiger partial charge in [-0.05, 0) is 57.8 Å². The first-order chi connectivity index (χ1) is 10.1. The van der Waals surface area contributed by atoms with Crippen molar-refractivity contribution >= 4 is 0 Å². The Balaban J connectivity index is 1.83. The zero-order chi connectivity index (χ0) is 15.2. The normalized spacial score (nSPS) is 18.9. The molecule has 1 fully saturated rings. The number of rotatable bonds is 6. The van der Waals surface area contributed by atoms with Gasteiger partial charge in [-0.15, -0.1) is 0 Å². The topological polar surface area (TPSA) is 15.3 Å². The number of halogens is 2. The highest BCUT2D eigenvalue weighted by Crippen LogP contribution is 2.23. The molecule has 1 N–H and O–H groups in total. The summed E-state index contributed by atoms with van der Waals surface area (Å²) in [7, 11) is 0. The number of nitrogens with one attached hydrogen (secondary N) is 1. The third-order valence-corrected chi connectivity index (χ3v) is 4.48. The van der Waals surface area contributed by atoms with E-state index in [1.165, 1.54) is 6.07 Å².